The smallest absolute Gasteiger partial charge is 0.251 e. The summed E-state index contributed by atoms with van der Waals surface area (Å²) < 4.78 is 0. The molecule has 1 N–H and O–H groups in total. The second-order valence-electron chi connectivity index (χ2n) is 5.17. The standard InChI is InChI=1S/C13H18N4O3S/c1-16(2)11(9-6-21-7-14-9)12(19)15-8-4-5-10(18)17(3)13(8)20/h6-8,11H,4-5H2,1-3H3,(H,15,19). The third kappa shape index (κ3) is 3.27. The lowest BCUT2D eigenvalue weighted by Gasteiger charge is -2.30. The Bertz CT molecular complexity index is 544. The zero-order chi connectivity index (χ0) is 15.6. The van der Waals surface area contributed by atoms with Gasteiger partial charge in [0.2, 0.25) is 11.8 Å². The van der Waals surface area contributed by atoms with E-state index in [0.717, 1.165) is 4.90 Å². The van der Waals surface area contributed by atoms with E-state index >= 15 is 0 Å². The Morgan fingerprint density at radius 2 is 2.24 bits per heavy atom. The highest BCUT2D eigenvalue weighted by Gasteiger charge is 2.35. The van der Waals surface area contributed by atoms with Gasteiger partial charge in [-0.2, -0.15) is 0 Å². The highest BCUT2D eigenvalue weighted by molar-refractivity contribution is 7.07. The second-order valence-corrected chi connectivity index (χ2v) is 5.89. The molecule has 2 atom stereocenters. The maximum atomic E-state index is 12.4. The molecule has 0 aromatic carbocycles. The number of hydrogen-bond donors (Lipinski definition) is 1. The number of thiazole rings is 1. The van der Waals surface area contributed by atoms with Crippen molar-refractivity contribution in [2.75, 3.05) is 21.1 Å². The van der Waals surface area contributed by atoms with Crippen molar-refractivity contribution in [3.63, 3.8) is 0 Å². The third-order valence-electron chi connectivity index (χ3n) is 3.46. The summed E-state index contributed by atoms with van der Waals surface area (Å²) >= 11 is 1.41. The molecule has 0 radical (unpaired) electrons. The molecule has 0 saturated carbocycles. The first kappa shape index (κ1) is 15.6. The van der Waals surface area contributed by atoms with Crippen LogP contribution in [0.4, 0.5) is 0 Å². The fourth-order valence-corrected chi connectivity index (χ4v) is 2.86. The molecule has 2 heterocycles. The number of nitrogens with one attached hydrogen (secondary N) is 1. The van der Waals surface area contributed by atoms with Gasteiger partial charge in [-0.05, 0) is 20.5 Å². The summed E-state index contributed by atoms with van der Waals surface area (Å²) in [5.74, 6) is -0.864. The average Bonchev–Trinajstić information content (AvgIpc) is 2.93. The van der Waals surface area contributed by atoms with E-state index < -0.39 is 12.1 Å². The summed E-state index contributed by atoms with van der Waals surface area (Å²) in [6.07, 6.45) is 0.599. The normalized spacial score (nSPS) is 20.8. The van der Waals surface area contributed by atoms with E-state index in [0.29, 0.717) is 12.1 Å². The van der Waals surface area contributed by atoms with Crippen LogP contribution in [0, 0.1) is 0 Å². The fraction of sp³-hybridized carbons (Fsp3) is 0.538. The topological polar surface area (TPSA) is 82.6 Å². The van der Waals surface area contributed by atoms with Crippen LogP contribution in [-0.4, -0.2) is 59.7 Å². The Labute approximate surface area is 126 Å². The van der Waals surface area contributed by atoms with Crippen LogP contribution in [-0.2, 0) is 14.4 Å². The molecule has 3 amide bonds. The first-order valence-electron chi connectivity index (χ1n) is 6.57. The molecule has 1 aliphatic heterocycles. The van der Waals surface area contributed by atoms with Crippen LogP contribution >= 0.6 is 11.3 Å². The molecule has 8 heteroatoms. The summed E-state index contributed by atoms with van der Waals surface area (Å²) in [5.41, 5.74) is 2.31. The molecule has 1 aliphatic rings. The molecule has 2 unspecified atom stereocenters. The van der Waals surface area contributed by atoms with Gasteiger partial charge in [-0.3, -0.25) is 24.2 Å². The van der Waals surface area contributed by atoms with E-state index in [1.807, 2.05) is 5.38 Å². The minimum Gasteiger partial charge on any atom is -0.343 e. The minimum absolute atomic E-state index is 0.214. The van der Waals surface area contributed by atoms with Crippen LogP contribution in [0.25, 0.3) is 0 Å². The predicted molar refractivity (Wildman–Crippen MR) is 77.5 cm³/mol. The van der Waals surface area contributed by atoms with Crippen molar-refractivity contribution in [1.82, 2.24) is 20.1 Å². The van der Waals surface area contributed by atoms with Crippen molar-refractivity contribution < 1.29 is 14.4 Å². The van der Waals surface area contributed by atoms with Gasteiger partial charge in [-0.15, -0.1) is 11.3 Å². The summed E-state index contributed by atoms with van der Waals surface area (Å²) in [6.45, 7) is 0. The number of nitrogens with zero attached hydrogens (tertiary/aromatic N) is 3. The van der Waals surface area contributed by atoms with E-state index in [2.05, 4.69) is 10.3 Å². The lowest BCUT2D eigenvalue weighted by Crippen LogP contribution is -2.54. The Balaban J connectivity index is 2.09. The van der Waals surface area contributed by atoms with Crippen molar-refractivity contribution in [2.45, 2.75) is 24.9 Å². The Kier molecular flexibility index (Phi) is 4.69. The van der Waals surface area contributed by atoms with Crippen molar-refractivity contribution in [1.29, 1.82) is 0 Å². The number of carbonyl (C=O) groups is 3. The summed E-state index contributed by atoms with van der Waals surface area (Å²) in [7, 11) is 5.00. The van der Waals surface area contributed by atoms with E-state index in [4.69, 9.17) is 0 Å². The van der Waals surface area contributed by atoms with E-state index in [1.165, 1.54) is 18.4 Å². The molecular formula is C13H18N4O3S. The first-order valence-corrected chi connectivity index (χ1v) is 7.51. The Hall–Kier alpha value is -1.80. The fourth-order valence-electron chi connectivity index (χ4n) is 2.29. The van der Waals surface area contributed by atoms with Gasteiger partial charge >= 0.3 is 0 Å². The quantitative estimate of drug-likeness (QED) is 0.792. The number of likely N-dealkylation sites (tertiary alicyclic amines) is 1. The minimum atomic E-state index is -0.652. The number of amides is 3. The molecule has 1 aromatic rings. The van der Waals surface area contributed by atoms with Crippen LogP contribution in [0.1, 0.15) is 24.6 Å². The summed E-state index contributed by atoms with van der Waals surface area (Å²) in [6, 6.07) is -1.20. The van der Waals surface area contributed by atoms with Crippen molar-refractivity contribution in [2.24, 2.45) is 0 Å². The van der Waals surface area contributed by atoms with Crippen LogP contribution in [0.5, 0.6) is 0 Å². The molecular weight excluding hydrogens is 292 g/mol. The molecule has 0 bridgehead atoms. The summed E-state index contributed by atoms with van der Waals surface area (Å²) in [4.78, 5) is 42.9. The lowest BCUT2D eigenvalue weighted by molar-refractivity contribution is -0.149. The molecule has 114 valence electrons. The van der Waals surface area contributed by atoms with Crippen LogP contribution in [0.2, 0.25) is 0 Å². The van der Waals surface area contributed by atoms with Crippen molar-refractivity contribution in [3.05, 3.63) is 16.6 Å². The number of aromatic nitrogens is 1. The first-order chi connectivity index (χ1) is 9.91. The van der Waals surface area contributed by atoms with E-state index in [-0.39, 0.29) is 24.1 Å². The van der Waals surface area contributed by atoms with E-state index in [9.17, 15) is 14.4 Å². The molecule has 2 rings (SSSR count). The van der Waals surface area contributed by atoms with Gasteiger partial charge in [0.25, 0.3) is 5.91 Å². The number of likely N-dealkylation sites (N-methyl/N-ethyl adjacent to an activating group) is 2. The van der Waals surface area contributed by atoms with Gasteiger partial charge in [-0.1, -0.05) is 0 Å². The largest absolute Gasteiger partial charge is 0.343 e. The van der Waals surface area contributed by atoms with Crippen LogP contribution in [0.15, 0.2) is 10.9 Å². The SMILES string of the molecule is CN1C(=O)CCC(NC(=O)C(c2cscn2)N(C)C)C1=O. The molecule has 1 saturated heterocycles. The molecule has 0 spiro atoms. The monoisotopic (exact) mass is 310 g/mol. The van der Waals surface area contributed by atoms with Gasteiger partial charge in [0.05, 0.1) is 11.2 Å². The number of rotatable bonds is 4. The molecule has 21 heavy (non-hydrogen) atoms. The Morgan fingerprint density at radius 1 is 1.52 bits per heavy atom. The molecule has 1 aromatic heterocycles. The van der Waals surface area contributed by atoms with Crippen molar-refractivity contribution in [3.8, 4) is 0 Å². The Morgan fingerprint density at radius 3 is 2.81 bits per heavy atom. The van der Waals surface area contributed by atoms with Gasteiger partial charge in [0, 0.05) is 18.8 Å². The van der Waals surface area contributed by atoms with Gasteiger partial charge in [-0.25, -0.2) is 4.98 Å². The molecule has 0 aliphatic carbocycles. The van der Waals surface area contributed by atoms with Gasteiger partial charge < -0.3 is 5.32 Å². The van der Waals surface area contributed by atoms with Crippen LogP contribution in [0.3, 0.4) is 0 Å². The molecule has 1 fully saturated rings. The predicted octanol–water partition coefficient (Wildman–Crippen LogP) is 0.00940. The van der Waals surface area contributed by atoms with Gasteiger partial charge in [0.1, 0.15) is 12.1 Å². The molecule has 7 nitrogen and oxygen atoms in total. The summed E-state index contributed by atoms with van der Waals surface area (Å²) in [5, 5.41) is 4.54. The van der Waals surface area contributed by atoms with Crippen molar-refractivity contribution >= 4 is 29.1 Å². The van der Waals surface area contributed by atoms with Crippen LogP contribution < -0.4 is 5.32 Å². The number of piperidine rings is 1. The maximum Gasteiger partial charge on any atom is 0.251 e. The van der Waals surface area contributed by atoms with Gasteiger partial charge in [0.15, 0.2) is 0 Å². The maximum absolute atomic E-state index is 12.4. The highest BCUT2D eigenvalue weighted by Crippen LogP contribution is 2.19. The lowest BCUT2D eigenvalue weighted by atomic mass is 10.0. The highest BCUT2D eigenvalue weighted by atomic mass is 32.1. The average molecular weight is 310 g/mol. The third-order valence-corrected chi connectivity index (χ3v) is 4.07. The zero-order valence-electron chi connectivity index (χ0n) is 12.2. The number of hydrogen-bond acceptors (Lipinski definition) is 6. The second kappa shape index (κ2) is 6.31. The number of imide groups is 1. The van der Waals surface area contributed by atoms with E-state index in [1.54, 1.807) is 24.5 Å². The number of carbonyl (C=O) groups excluding carboxylic acids is 3. The zero-order valence-corrected chi connectivity index (χ0v) is 13.0.